The molecule has 0 unspecified atom stereocenters. The van der Waals surface area contributed by atoms with E-state index in [0.29, 0.717) is 6.61 Å². The minimum Gasteiger partial charge on any atom is -0.497 e. The Labute approximate surface area is 130 Å². The van der Waals surface area contributed by atoms with E-state index in [1.807, 2.05) is 36.4 Å². The van der Waals surface area contributed by atoms with Crippen molar-refractivity contribution in [1.29, 1.82) is 0 Å². The molecule has 4 heteroatoms. The Bertz CT molecular complexity index is 793. The first-order chi connectivity index (χ1) is 10.7. The van der Waals surface area contributed by atoms with Gasteiger partial charge in [-0.25, -0.2) is 0 Å². The lowest BCUT2D eigenvalue weighted by molar-refractivity contribution is 0.294. The van der Waals surface area contributed by atoms with Gasteiger partial charge in [-0.2, -0.15) is 0 Å². The highest BCUT2D eigenvalue weighted by Crippen LogP contribution is 2.26. The van der Waals surface area contributed by atoms with Gasteiger partial charge in [-0.1, -0.05) is 12.1 Å². The summed E-state index contributed by atoms with van der Waals surface area (Å²) in [5, 5.41) is 1.08. The molecule has 0 spiro atoms. The number of hydrogen-bond donors (Lipinski definition) is 1. The predicted octanol–water partition coefficient (Wildman–Crippen LogP) is 3.83. The molecule has 0 saturated heterocycles. The van der Waals surface area contributed by atoms with Crippen molar-refractivity contribution in [2.45, 2.75) is 20.1 Å². The minimum atomic E-state index is 0.495. The zero-order valence-electron chi connectivity index (χ0n) is 12.9. The summed E-state index contributed by atoms with van der Waals surface area (Å²) in [4.78, 5) is 0. The molecule has 22 heavy (non-hydrogen) atoms. The van der Waals surface area contributed by atoms with E-state index >= 15 is 0 Å². The number of nitrogens with two attached hydrogens (primary N) is 1. The summed E-state index contributed by atoms with van der Waals surface area (Å²) in [6, 6.07) is 15.7. The van der Waals surface area contributed by atoms with Crippen molar-refractivity contribution in [3.8, 4) is 11.5 Å². The zero-order valence-corrected chi connectivity index (χ0v) is 12.9. The number of hydrogen-bond acceptors (Lipinski definition) is 3. The summed E-state index contributed by atoms with van der Waals surface area (Å²) < 4.78 is 13.3. The number of rotatable bonds is 5. The molecule has 0 bridgehead atoms. The van der Waals surface area contributed by atoms with Gasteiger partial charge in [-0.3, -0.25) is 0 Å². The Morgan fingerprint density at radius 2 is 1.82 bits per heavy atom. The van der Waals surface area contributed by atoms with E-state index in [1.165, 1.54) is 0 Å². The first-order valence-electron chi connectivity index (χ1n) is 7.36. The van der Waals surface area contributed by atoms with E-state index in [4.69, 9.17) is 15.2 Å². The second-order valence-corrected chi connectivity index (χ2v) is 5.13. The number of benzene rings is 2. The van der Waals surface area contributed by atoms with Crippen LogP contribution in [-0.4, -0.2) is 11.7 Å². The Balaban J connectivity index is 1.88. The van der Waals surface area contributed by atoms with E-state index in [9.17, 15) is 0 Å². The van der Waals surface area contributed by atoms with Crippen LogP contribution < -0.4 is 15.2 Å². The molecule has 114 valence electrons. The smallest absolute Gasteiger partial charge is 0.128 e. The molecule has 3 aromatic rings. The van der Waals surface area contributed by atoms with Gasteiger partial charge >= 0.3 is 0 Å². The SMILES string of the molecule is CCn1c(COc2cccc(OC)c2)cc2c(N)cccc21. The second kappa shape index (κ2) is 6.02. The summed E-state index contributed by atoms with van der Waals surface area (Å²) in [5.41, 5.74) is 9.12. The average molecular weight is 296 g/mol. The van der Waals surface area contributed by atoms with Crippen LogP contribution in [0.4, 0.5) is 5.69 Å². The van der Waals surface area contributed by atoms with Crippen LogP contribution in [0, 0.1) is 0 Å². The molecule has 4 nitrogen and oxygen atoms in total. The van der Waals surface area contributed by atoms with Gasteiger partial charge in [-0.05, 0) is 37.3 Å². The first kappa shape index (κ1) is 14.3. The van der Waals surface area contributed by atoms with E-state index in [0.717, 1.165) is 40.3 Å². The summed E-state index contributed by atoms with van der Waals surface area (Å²) in [6.45, 7) is 3.50. The van der Waals surface area contributed by atoms with Crippen molar-refractivity contribution in [1.82, 2.24) is 4.57 Å². The summed E-state index contributed by atoms with van der Waals surface area (Å²) in [6.07, 6.45) is 0. The van der Waals surface area contributed by atoms with Crippen molar-refractivity contribution in [3.05, 3.63) is 54.2 Å². The lowest BCUT2D eigenvalue weighted by atomic mass is 10.2. The number of nitrogen functional groups attached to an aromatic ring is 1. The molecule has 0 atom stereocenters. The van der Waals surface area contributed by atoms with Gasteiger partial charge in [0, 0.05) is 23.7 Å². The van der Waals surface area contributed by atoms with Gasteiger partial charge in [-0.15, -0.1) is 0 Å². The fraction of sp³-hybridized carbons (Fsp3) is 0.222. The number of nitrogens with zero attached hydrogens (tertiary/aromatic N) is 1. The first-order valence-corrected chi connectivity index (χ1v) is 7.36. The third-order valence-corrected chi connectivity index (χ3v) is 3.81. The van der Waals surface area contributed by atoms with Gasteiger partial charge in [0.05, 0.1) is 18.3 Å². The normalized spacial score (nSPS) is 10.8. The molecule has 0 aliphatic carbocycles. The maximum absolute atomic E-state index is 6.07. The molecule has 1 heterocycles. The maximum Gasteiger partial charge on any atom is 0.128 e. The zero-order chi connectivity index (χ0) is 15.5. The number of methoxy groups -OCH3 is 1. The highest BCUT2D eigenvalue weighted by Gasteiger charge is 2.10. The molecule has 0 saturated carbocycles. The van der Waals surface area contributed by atoms with Crippen LogP contribution in [0.2, 0.25) is 0 Å². The molecule has 2 aromatic carbocycles. The predicted molar refractivity (Wildman–Crippen MR) is 89.4 cm³/mol. The number of fused-ring (bicyclic) bond motifs is 1. The number of aryl methyl sites for hydroxylation is 1. The fourth-order valence-corrected chi connectivity index (χ4v) is 2.70. The molecule has 3 rings (SSSR count). The van der Waals surface area contributed by atoms with Crippen molar-refractivity contribution >= 4 is 16.6 Å². The molecule has 1 aromatic heterocycles. The van der Waals surface area contributed by atoms with Crippen LogP contribution in [-0.2, 0) is 13.2 Å². The van der Waals surface area contributed by atoms with Gasteiger partial charge in [0.15, 0.2) is 0 Å². The highest BCUT2D eigenvalue weighted by molar-refractivity contribution is 5.92. The van der Waals surface area contributed by atoms with E-state index in [2.05, 4.69) is 23.6 Å². The Morgan fingerprint density at radius 1 is 1.05 bits per heavy atom. The summed E-state index contributed by atoms with van der Waals surface area (Å²) in [5.74, 6) is 1.58. The molecule has 0 amide bonds. The average Bonchev–Trinajstić information content (AvgIpc) is 2.92. The number of aromatic nitrogens is 1. The van der Waals surface area contributed by atoms with Crippen molar-refractivity contribution < 1.29 is 9.47 Å². The van der Waals surface area contributed by atoms with E-state index in [-0.39, 0.29) is 0 Å². The largest absolute Gasteiger partial charge is 0.497 e. The fourth-order valence-electron chi connectivity index (χ4n) is 2.70. The molecule has 0 aliphatic rings. The molecular formula is C18H20N2O2. The highest BCUT2D eigenvalue weighted by atomic mass is 16.5. The number of ether oxygens (including phenoxy) is 2. The van der Waals surface area contributed by atoms with Crippen LogP contribution in [0.25, 0.3) is 10.9 Å². The summed E-state index contributed by atoms with van der Waals surface area (Å²) >= 11 is 0. The van der Waals surface area contributed by atoms with Gasteiger partial charge in [0.25, 0.3) is 0 Å². The van der Waals surface area contributed by atoms with Crippen LogP contribution >= 0.6 is 0 Å². The maximum atomic E-state index is 6.07. The van der Waals surface area contributed by atoms with Crippen LogP contribution in [0.5, 0.6) is 11.5 Å². The molecule has 0 fully saturated rings. The van der Waals surface area contributed by atoms with Crippen LogP contribution in [0.1, 0.15) is 12.6 Å². The Kier molecular flexibility index (Phi) is 3.92. The molecular weight excluding hydrogens is 276 g/mol. The van der Waals surface area contributed by atoms with Gasteiger partial charge in [0.2, 0.25) is 0 Å². The topological polar surface area (TPSA) is 49.4 Å². The standard InChI is InChI=1S/C18H20N2O2/c1-3-20-13(10-16-17(19)8-5-9-18(16)20)12-22-15-7-4-6-14(11-15)21-2/h4-11H,3,12,19H2,1-2H3. The lowest BCUT2D eigenvalue weighted by Gasteiger charge is -2.10. The van der Waals surface area contributed by atoms with E-state index in [1.54, 1.807) is 7.11 Å². The minimum absolute atomic E-state index is 0.495. The van der Waals surface area contributed by atoms with Crippen molar-refractivity contribution in [2.75, 3.05) is 12.8 Å². The summed E-state index contributed by atoms with van der Waals surface area (Å²) in [7, 11) is 1.65. The van der Waals surface area contributed by atoms with Crippen LogP contribution in [0.15, 0.2) is 48.5 Å². The third kappa shape index (κ3) is 2.60. The Morgan fingerprint density at radius 3 is 2.59 bits per heavy atom. The van der Waals surface area contributed by atoms with E-state index < -0.39 is 0 Å². The van der Waals surface area contributed by atoms with Gasteiger partial charge in [0.1, 0.15) is 18.1 Å². The molecule has 0 aliphatic heterocycles. The number of anilines is 1. The van der Waals surface area contributed by atoms with Crippen molar-refractivity contribution in [2.24, 2.45) is 0 Å². The lowest BCUT2D eigenvalue weighted by Crippen LogP contribution is -2.04. The van der Waals surface area contributed by atoms with Crippen molar-refractivity contribution in [3.63, 3.8) is 0 Å². The molecule has 2 N–H and O–H groups in total. The Hall–Kier alpha value is -2.62. The monoisotopic (exact) mass is 296 g/mol. The van der Waals surface area contributed by atoms with Gasteiger partial charge < -0.3 is 19.8 Å². The van der Waals surface area contributed by atoms with Crippen LogP contribution in [0.3, 0.4) is 0 Å². The molecule has 0 radical (unpaired) electrons. The third-order valence-electron chi connectivity index (χ3n) is 3.81. The quantitative estimate of drug-likeness (QED) is 0.728. The second-order valence-electron chi connectivity index (χ2n) is 5.13.